The highest BCUT2D eigenvalue weighted by atomic mass is 16.3. The molecule has 2 atom stereocenters. The predicted molar refractivity (Wildman–Crippen MR) is 109 cm³/mol. The van der Waals surface area contributed by atoms with Crippen molar-refractivity contribution in [2.24, 2.45) is 0 Å². The molecule has 0 bridgehead atoms. The lowest BCUT2D eigenvalue weighted by Crippen LogP contribution is -2.50. The van der Waals surface area contributed by atoms with E-state index in [1.165, 1.54) is 10.9 Å². The Morgan fingerprint density at radius 3 is 2.65 bits per heavy atom. The van der Waals surface area contributed by atoms with Gasteiger partial charge in [0.15, 0.2) is 0 Å². The third-order valence-electron chi connectivity index (χ3n) is 5.73. The fourth-order valence-electron chi connectivity index (χ4n) is 4.30. The first-order chi connectivity index (χ1) is 12.3. The molecule has 0 fully saturated rings. The minimum absolute atomic E-state index is 0.0446. The molecule has 0 amide bonds. The Kier molecular flexibility index (Phi) is 3.64. The zero-order chi connectivity index (χ0) is 18.6. The van der Waals surface area contributed by atoms with Crippen LogP contribution < -0.4 is 5.32 Å². The molecular weight excluding hydrogens is 320 g/mol. The molecule has 3 nitrogen and oxygen atoms in total. The van der Waals surface area contributed by atoms with Crippen LogP contribution in [-0.2, 0) is 0 Å². The third-order valence-corrected chi connectivity index (χ3v) is 5.73. The number of nitrogens with one attached hydrogen (secondary N) is 2. The third kappa shape index (κ3) is 2.26. The lowest BCUT2D eigenvalue weighted by molar-refractivity contribution is 0.0868. The summed E-state index contributed by atoms with van der Waals surface area (Å²) in [5.74, 6) is 2.86. The van der Waals surface area contributed by atoms with Crippen LogP contribution in [0.5, 0.6) is 0 Å². The first-order valence-corrected chi connectivity index (χ1v) is 9.02. The highest BCUT2D eigenvalue weighted by Gasteiger charge is 2.40. The number of rotatable bonds is 1. The van der Waals surface area contributed by atoms with Gasteiger partial charge in [-0.2, -0.15) is 0 Å². The van der Waals surface area contributed by atoms with E-state index in [1.807, 2.05) is 20.0 Å². The summed E-state index contributed by atoms with van der Waals surface area (Å²) >= 11 is 0. The molecule has 2 aromatic carbocycles. The molecule has 0 aliphatic carbocycles. The van der Waals surface area contributed by atoms with Crippen LogP contribution in [-0.4, -0.2) is 21.7 Å². The van der Waals surface area contributed by atoms with Crippen LogP contribution in [0.15, 0.2) is 36.5 Å². The van der Waals surface area contributed by atoms with Crippen LogP contribution in [0.3, 0.4) is 0 Å². The van der Waals surface area contributed by atoms with E-state index in [2.05, 4.69) is 60.4 Å². The van der Waals surface area contributed by atoms with E-state index in [1.54, 1.807) is 0 Å². The van der Waals surface area contributed by atoms with Gasteiger partial charge >= 0.3 is 0 Å². The number of hydrogen-bond acceptors (Lipinski definition) is 2. The van der Waals surface area contributed by atoms with Crippen LogP contribution in [0.2, 0.25) is 0 Å². The summed E-state index contributed by atoms with van der Waals surface area (Å²) in [4.78, 5) is 3.39. The van der Waals surface area contributed by atoms with Crippen molar-refractivity contribution < 1.29 is 5.11 Å². The minimum Gasteiger partial charge on any atom is -0.390 e. The molecule has 0 spiro atoms. The van der Waals surface area contributed by atoms with Crippen molar-refractivity contribution in [1.29, 1.82) is 0 Å². The Bertz CT molecular complexity index is 1050. The second-order valence-electron chi connectivity index (χ2n) is 7.87. The van der Waals surface area contributed by atoms with Crippen molar-refractivity contribution in [3.05, 3.63) is 53.2 Å². The lowest BCUT2D eigenvalue weighted by atomic mass is 9.76. The number of terminal acetylenes is 1. The zero-order valence-electron chi connectivity index (χ0n) is 15.6. The van der Waals surface area contributed by atoms with E-state index < -0.39 is 11.6 Å². The van der Waals surface area contributed by atoms with Gasteiger partial charge in [0.25, 0.3) is 0 Å². The van der Waals surface area contributed by atoms with E-state index in [9.17, 15) is 5.11 Å². The highest BCUT2D eigenvalue weighted by Crippen LogP contribution is 2.44. The molecule has 3 heteroatoms. The molecule has 3 N–H and O–H groups in total. The van der Waals surface area contributed by atoms with Crippen LogP contribution >= 0.6 is 0 Å². The Morgan fingerprint density at radius 2 is 1.92 bits per heavy atom. The van der Waals surface area contributed by atoms with Crippen LogP contribution in [0.1, 0.15) is 43.4 Å². The monoisotopic (exact) mass is 344 g/mol. The molecule has 26 heavy (non-hydrogen) atoms. The first-order valence-electron chi connectivity index (χ1n) is 9.02. The number of aromatic amines is 1. The summed E-state index contributed by atoms with van der Waals surface area (Å²) in [5.41, 5.74) is 6.94. The Hall–Kier alpha value is -2.70. The molecular formula is C23H24N2O. The summed E-state index contributed by atoms with van der Waals surface area (Å²) in [6.45, 7) is 8.18. The summed E-state index contributed by atoms with van der Waals surface area (Å²) < 4.78 is 0. The molecule has 1 aliphatic rings. The molecule has 132 valence electrons. The zero-order valence-corrected chi connectivity index (χ0v) is 15.6. The molecule has 0 unspecified atom stereocenters. The van der Waals surface area contributed by atoms with Gasteiger partial charge in [-0.05, 0) is 43.5 Å². The number of fused-ring (bicyclic) bond motifs is 2. The van der Waals surface area contributed by atoms with Gasteiger partial charge in [-0.15, -0.1) is 6.42 Å². The largest absolute Gasteiger partial charge is 0.390 e. The molecule has 1 aromatic heterocycles. The van der Waals surface area contributed by atoms with Gasteiger partial charge in [-0.3, -0.25) is 0 Å². The fraction of sp³-hybridized carbons (Fsp3) is 0.304. The number of aliphatic hydroxyl groups is 1. The fourth-order valence-corrected chi connectivity index (χ4v) is 4.30. The summed E-state index contributed by atoms with van der Waals surface area (Å²) in [6, 6.07) is 10.5. The molecule has 0 saturated heterocycles. The Labute approximate surface area is 154 Å². The number of benzene rings is 2. The number of para-hydroxylation sites is 1. The number of anilines is 1. The number of aromatic nitrogens is 1. The van der Waals surface area contributed by atoms with Crippen molar-refractivity contribution in [1.82, 2.24) is 4.98 Å². The molecule has 0 radical (unpaired) electrons. The maximum Gasteiger partial charge on any atom is 0.0831 e. The van der Waals surface area contributed by atoms with E-state index in [4.69, 9.17) is 6.42 Å². The minimum atomic E-state index is -0.513. The summed E-state index contributed by atoms with van der Waals surface area (Å²) in [6.07, 6.45) is 7.48. The van der Waals surface area contributed by atoms with Gasteiger partial charge in [0, 0.05) is 34.3 Å². The van der Waals surface area contributed by atoms with E-state index in [-0.39, 0.29) is 5.92 Å². The van der Waals surface area contributed by atoms with Crippen LogP contribution in [0.4, 0.5) is 5.69 Å². The maximum absolute atomic E-state index is 10.8. The maximum atomic E-state index is 10.8. The SMILES string of the molecule is C#Cc1c(-c2cccc3c(C)c[nH]c23)ccc2c1[C@@H](C)[C@H](O)C(C)(C)N2. The average molecular weight is 344 g/mol. The summed E-state index contributed by atoms with van der Waals surface area (Å²) in [5, 5.41) is 15.4. The average Bonchev–Trinajstić information content (AvgIpc) is 3.00. The molecule has 1 aliphatic heterocycles. The second-order valence-corrected chi connectivity index (χ2v) is 7.87. The predicted octanol–water partition coefficient (Wildman–Crippen LogP) is 4.79. The lowest BCUT2D eigenvalue weighted by Gasteiger charge is -2.43. The van der Waals surface area contributed by atoms with E-state index >= 15 is 0 Å². The van der Waals surface area contributed by atoms with Gasteiger partial charge in [0.05, 0.1) is 17.2 Å². The second kappa shape index (κ2) is 5.65. The van der Waals surface area contributed by atoms with Crippen molar-refractivity contribution >= 4 is 16.6 Å². The number of aliphatic hydroxyl groups excluding tert-OH is 1. The van der Waals surface area contributed by atoms with Gasteiger partial charge in [-0.25, -0.2) is 0 Å². The Morgan fingerprint density at radius 1 is 1.15 bits per heavy atom. The normalized spacial score (nSPS) is 21.1. The van der Waals surface area contributed by atoms with Gasteiger partial charge in [0.1, 0.15) is 0 Å². The standard InChI is InChI=1S/C23H24N2O/c1-6-15-17(18-9-7-8-16-13(2)12-24-21(16)18)10-11-19-20(15)14(3)22(26)23(4,5)25-19/h1,7-12,14,22,24-26H,2-5H3/t14-,22+/m1/s1. The topological polar surface area (TPSA) is 48.0 Å². The van der Waals surface area contributed by atoms with Gasteiger partial charge < -0.3 is 15.4 Å². The summed E-state index contributed by atoms with van der Waals surface area (Å²) in [7, 11) is 0. The highest BCUT2D eigenvalue weighted by molar-refractivity contribution is 5.98. The van der Waals surface area contributed by atoms with Crippen molar-refractivity contribution in [3.8, 4) is 23.5 Å². The van der Waals surface area contributed by atoms with Gasteiger partial charge in [-0.1, -0.05) is 37.1 Å². The van der Waals surface area contributed by atoms with Crippen LogP contribution in [0, 0.1) is 19.3 Å². The van der Waals surface area contributed by atoms with Gasteiger partial charge in [0.2, 0.25) is 0 Å². The van der Waals surface area contributed by atoms with E-state index in [0.29, 0.717) is 0 Å². The Balaban J connectivity index is 1.99. The van der Waals surface area contributed by atoms with Crippen molar-refractivity contribution in [2.45, 2.75) is 45.3 Å². The smallest absolute Gasteiger partial charge is 0.0831 e. The van der Waals surface area contributed by atoms with E-state index in [0.717, 1.165) is 33.5 Å². The number of aryl methyl sites for hydroxylation is 1. The van der Waals surface area contributed by atoms with Crippen molar-refractivity contribution in [3.63, 3.8) is 0 Å². The molecule has 3 aromatic rings. The molecule has 4 rings (SSSR count). The molecule has 0 saturated carbocycles. The molecule has 2 heterocycles. The van der Waals surface area contributed by atoms with Crippen molar-refractivity contribution in [2.75, 3.05) is 5.32 Å². The number of hydrogen-bond donors (Lipinski definition) is 3. The quantitative estimate of drug-likeness (QED) is 0.556. The number of H-pyrrole nitrogens is 1. The first kappa shape index (κ1) is 16.8. The van der Waals surface area contributed by atoms with Crippen LogP contribution in [0.25, 0.3) is 22.0 Å².